The first kappa shape index (κ1) is 16.1. The highest BCUT2D eigenvalue weighted by Crippen LogP contribution is 2.24. The van der Waals surface area contributed by atoms with Crippen molar-refractivity contribution < 1.29 is 4.79 Å². The fraction of sp³-hybridized carbons (Fsp3) is 0.235. The van der Waals surface area contributed by atoms with E-state index in [1.807, 2.05) is 63.4 Å². The van der Waals surface area contributed by atoms with Gasteiger partial charge < -0.3 is 4.90 Å². The normalized spacial score (nSPS) is 12.0. The largest absolute Gasteiger partial charge is 0.335 e. The first-order valence-corrected chi connectivity index (χ1v) is 7.86. The van der Waals surface area contributed by atoms with Crippen molar-refractivity contribution in [2.24, 2.45) is 0 Å². The summed E-state index contributed by atoms with van der Waals surface area (Å²) >= 11 is 9.47. The second-order valence-electron chi connectivity index (χ2n) is 5.11. The van der Waals surface area contributed by atoms with Crippen LogP contribution in [0.5, 0.6) is 0 Å². The van der Waals surface area contributed by atoms with Crippen molar-refractivity contribution >= 4 is 33.4 Å². The smallest absolute Gasteiger partial charge is 0.254 e. The van der Waals surface area contributed by atoms with E-state index in [1.165, 1.54) is 0 Å². The van der Waals surface area contributed by atoms with Crippen LogP contribution in [-0.2, 0) is 0 Å². The predicted octanol–water partition coefficient (Wildman–Crippen LogP) is 5.24. The maximum absolute atomic E-state index is 12.6. The number of rotatable bonds is 3. The lowest BCUT2D eigenvalue weighted by Gasteiger charge is -2.25. The Morgan fingerprint density at radius 3 is 2.57 bits per heavy atom. The Balaban J connectivity index is 2.24. The van der Waals surface area contributed by atoms with E-state index < -0.39 is 0 Å². The van der Waals surface area contributed by atoms with Crippen LogP contribution in [0.3, 0.4) is 0 Å². The molecule has 0 aliphatic heterocycles. The average molecular weight is 367 g/mol. The molecule has 0 aliphatic rings. The van der Waals surface area contributed by atoms with Crippen molar-refractivity contribution in [3.8, 4) is 0 Å². The number of nitrogens with zero attached hydrogens (tertiary/aromatic N) is 1. The Labute approximate surface area is 138 Å². The summed E-state index contributed by atoms with van der Waals surface area (Å²) in [6, 6.07) is 13.2. The third-order valence-electron chi connectivity index (χ3n) is 3.64. The quantitative estimate of drug-likeness (QED) is 0.727. The molecule has 0 radical (unpaired) electrons. The van der Waals surface area contributed by atoms with Crippen LogP contribution in [0, 0.1) is 6.92 Å². The molecule has 0 saturated carbocycles. The molecule has 1 amide bonds. The minimum absolute atomic E-state index is 0.00178. The lowest BCUT2D eigenvalue weighted by Crippen LogP contribution is -2.29. The minimum Gasteiger partial charge on any atom is -0.335 e. The first-order valence-electron chi connectivity index (χ1n) is 6.69. The molecule has 1 atom stereocenters. The molecule has 2 aromatic carbocycles. The molecule has 0 saturated heterocycles. The maximum Gasteiger partial charge on any atom is 0.254 e. The minimum atomic E-state index is -0.0415. The van der Waals surface area contributed by atoms with Gasteiger partial charge in [-0.05, 0) is 55.3 Å². The molecule has 1 unspecified atom stereocenters. The van der Waals surface area contributed by atoms with Gasteiger partial charge in [-0.15, -0.1) is 0 Å². The maximum atomic E-state index is 12.6. The molecule has 0 aliphatic carbocycles. The number of carbonyl (C=O) groups excluding carboxylic acids is 1. The summed E-state index contributed by atoms with van der Waals surface area (Å²) in [6.07, 6.45) is 0. The molecule has 0 aromatic heterocycles. The summed E-state index contributed by atoms with van der Waals surface area (Å²) in [6.45, 7) is 3.97. The zero-order valence-electron chi connectivity index (χ0n) is 12.2. The summed E-state index contributed by atoms with van der Waals surface area (Å²) in [5, 5.41) is 0.680. The molecule has 2 nitrogen and oxygen atoms in total. The van der Waals surface area contributed by atoms with Gasteiger partial charge in [0.2, 0.25) is 0 Å². The number of carbonyl (C=O) groups is 1. The highest BCUT2D eigenvalue weighted by atomic mass is 79.9. The van der Waals surface area contributed by atoms with E-state index in [-0.39, 0.29) is 11.9 Å². The number of hydrogen-bond donors (Lipinski definition) is 0. The van der Waals surface area contributed by atoms with Crippen LogP contribution in [0.2, 0.25) is 5.02 Å². The van der Waals surface area contributed by atoms with Gasteiger partial charge in [0.15, 0.2) is 0 Å². The van der Waals surface area contributed by atoms with Crippen molar-refractivity contribution in [2.75, 3.05) is 7.05 Å². The van der Waals surface area contributed by atoms with E-state index in [4.69, 9.17) is 11.6 Å². The van der Waals surface area contributed by atoms with Crippen molar-refractivity contribution in [3.05, 3.63) is 68.7 Å². The molecule has 110 valence electrons. The van der Waals surface area contributed by atoms with Crippen LogP contribution in [0.1, 0.15) is 34.5 Å². The average Bonchev–Trinajstić information content (AvgIpc) is 2.47. The number of aryl methyl sites for hydroxylation is 1. The molecule has 2 aromatic rings. The Bertz CT molecular complexity index is 672. The van der Waals surface area contributed by atoms with Gasteiger partial charge in [-0.2, -0.15) is 0 Å². The molecule has 21 heavy (non-hydrogen) atoms. The number of hydrogen-bond acceptors (Lipinski definition) is 1. The Hall–Kier alpha value is -1.32. The van der Waals surface area contributed by atoms with Crippen molar-refractivity contribution in [3.63, 3.8) is 0 Å². The van der Waals surface area contributed by atoms with E-state index in [1.54, 1.807) is 4.90 Å². The molecule has 2 rings (SSSR count). The SMILES string of the molecule is Cc1cc(C(=O)N(C)C(C)c2cccc(Cl)c2)ccc1Br. The van der Waals surface area contributed by atoms with Gasteiger partial charge in [-0.25, -0.2) is 0 Å². The van der Waals surface area contributed by atoms with Crippen LogP contribution in [0.4, 0.5) is 0 Å². The van der Waals surface area contributed by atoms with Crippen LogP contribution < -0.4 is 0 Å². The van der Waals surface area contributed by atoms with Gasteiger partial charge in [0.25, 0.3) is 5.91 Å². The van der Waals surface area contributed by atoms with E-state index in [9.17, 15) is 4.79 Å². The summed E-state index contributed by atoms with van der Waals surface area (Å²) in [5.41, 5.74) is 2.75. The molecular weight excluding hydrogens is 350 g/mol. The van der Waals surface area contributed by atoms with Crippen LogP contribution >= 0.6 is 27.5 Å². The molecule has 4 heteroatoms. The van der Waals surface area contributed by atoms with Gasteiger partial charge >= 0.3 is 0 Å². The number of amides is 1. The van der Waals surface area contributed by atoms with Gasteiger partial charge in [-0.3, -0.25) is 4.79 Å². The van der Waals surface area contributed by atoms with E-state index in [2.05, 4.69) is 15.9 Å². The van der Waals surface area contributed by atoms with E-state index in [0.29, 0.717) is 10.6 Å². The summed E-state index contributed by atoms with van der Waals surface area (Å²) in [7, 11) is 1.81. The summed E-state index contributed by atoms with van der Waals surface area (Å²) < 4.78 is 1.00. The second kappa shape index (κ2) is 6.63. The predicted molar refractivity (Wildman–Crippen MR) is 90.8 cm³/mol. The van der Waals surface area contributed by atoms with Crippen LogP contribution in [0.25, 0.3) is 0 Å². The molecule has 0 heterocycles. The van der Waals surface area contributed by atoms with Crippen LogP contribution in [-0.4, -0.2) is 17.9 Å². The third kappa shape index (κ3) is 3.66. The summed E-state index contributed by atoms with van der Waals surface area (Å²) in [4.78, 5) is 14.3. The van der Waals surface area contributed by atoms with Gasteiger partial charge in [0, 0.05) is 22.1 Å². The molecule has 0 fully saturated rings. The lowest BCUT2D eigenvalue weighted by molar-refractivity contribution is 0.0742. The highest BCUT2D eigenvalue weighted by molar-refractivity contribution is 9.10. The monoisotopic (exact) mass is 365 g/mol. The molecule has 0 N–H and O–H groups in total. The molecular formula is C17H17BrClNO. The Morgan fingerprint density at radius 1 is 1.24 bits per heavy atom. The number of halogens is 2. The fourth-order valence-electron chi connectivity index (χ4n) is 2.15. The standard InChI is InChI=1S/C17H17BrClNO/c1-11-9-14(7-8-16(11)18)17(21)20(3)12(2)13-5-4-6-15(19)10-13/h4-10,12H,1-3H3. The van der Waals surface area contributed by atoms with Crippen LogP contribution in [0.15, 0.2) is 46.9 Å². The molecule has 0 bridgehead atoms. The fourth-order valence-corrected chi connectivity index (χ4v) is 2.59. The lowest BCUT2D eigenvalue weighted by atomic mass is 10.1. The number of benzene rings is 2. The zero-order chi connectivity index (χ0) is 15.6. The van der Waals surface area contributed by atoms with E-state index >= 15 is 0 Å². The third-order valence-corrected chi connectivity index (χ3v) is 4.76. The zero-order valence-corrected chi connectivity index (χ0v) is 14.6. The second-order valence-corrected chi connectivity index (χ2v) is 6.40. The Morgan fingerprint density at radius 2 is 1.95 bits per heavy atom. The van der Waals surface area contributed by atoms with Gasteiger partial charge in [0.1, 0.15) is 0 Å². The highest BCUT2D eigenvalue weighted by Gasteiger charge is 2.19. The van der Waals surface area contributed by atoms with Gasteiger partial charge in [-0.1, -0.05) is 39.7 Å². The first-order chi connectivity index (χ1) is 9.90. The topological polar surface area (TPSA) is 20.3 Å². The Kier molecular flexibility index (Phi) is 5.07. The van der Waals surface area contributed by atoms with Crippen molar-refractivity contribution in [1.82, 2.24) is 4.90 Å². The van der Waals surface area contributed by atoms with Gasteiger partial charge in [0.05, 0.1) is 6.04 Å². The van der Waals surface area contributed by atoms with Crippen molar-refractivity contribution in [2.45, 2.75) is 19.9 Å². The summed E-state index contributed by atoms with van der Waals surface area (Å²) in [5.74, 6) is -0.00178. The van der Waals surface area contributed by atoms with E-state index in [0.717, 1.165) is 15.6 Å². The van der Waals surface area contributed by atoms with Crippen molar-refractivity contribution in [1.29, 1.82) is 0 Å². The molecule has 0 spiro atoms.